The molecule has 0 fully saturated rings. The summed E-state index contributed by atoms with van der Waals surface area (Å²) < 4.78 is 13.0. The lowest BCUT2D eigenvalue weighted by Crippen LogP contribution is -2.34. The van der Waals surface area contributed by atoms with Crippen molar-refractivity contribution in [3.63, 3.8) is 0 Å². The number of nitro groups is 2. The molecule has 3 aromatic rings. The molecule has 3 rings (SSSR count). The Morgan fingerprint density at radius 1 is 0.765 bits per heavy atom. The van der Waals surface area contributed by atoms with Gasteiger partial charge in [0.15, 0.2) is 5.11 Å². The number of non-ortho nitro benzene ring substituents is 2. The maximum Gasteiger partial charge on any atom is 0.277 e. The van der Waals surface area contributed by atoms with Crippen molar-refractivity contribution >= 4 is 51.9 Å². The third kappa shape index (κ3) is 6.14. The highest BCUT2D eigenvalue weighted by molar-refractivity contribution is 7.80. The number of thiocarbonyl (C=S) groups is 1. The number of carbonyl (C=O) groups excluding carboxylic acids is 2. The number of hydrogen-bond acceptors (Lipinski definition) is 7. The SMILES string of the molecule is O=C(NC(=S)Nc1cccc(C(=O)Nc2ccc(F)cc2)c1)c1cc([N+](=O)[O-])cc([N+](=O)[O-])c1. The van der Waals surface area contributed by atoms with E-state index in [-0.39, 0.29) is 16.2 Å². The summed E-state index contributed by atoms with van der Waals surface area (Å²) in [5.41, 5.74) is -0.632. The van der Waals surface area contributed by atoms with Crippen LogP contribution in [0.1, 0.15) is 20.7 Å². The first-order valence-electron chi connectivity index (χ1n) is 9.35. The third-order valence-corrected chi connectivity index (χ3v) is 4.50. The van der Waals surface area contributed by atoms with Crippen molar-refractivity contribution in [3.05, 3.63) is 104 Å². The minimum atomic E-state index is -0.908. The number of anilines is 2. The Balaban J connectivity index is 1.69. The molecule has 0 radical (unpaired) electrons. The first kappa shape index (κ1) is 23.9. The summed E-state index contributed by atoms with van der Waals surface area (Å²) in [6, 6.07) is 13.8. The maximum absolute atomic E-state index is 13.0. The number of nitro benzene ring substituents is 2. The summed E-state index contributed by atoms with van der Waals surface area (Å²) in [5.74, 6) is -1.83. The molecule has 11 nitrogen and oxygen atoms in total. The van der Waals surface area contributed by atoms with E-state index in [1.54, 1.807) is 12.1 Å². The van der Waals surface area contributed by atoms with Crippen molar-refractivity contribution in [2.75, 3.05) is 10.6 Å². The number of amides is 2. The monoisotopic (exact) mass is 483 g/mol. The Labute approximate surface area is 195 Å². The highest BCUT2D eigenvalue weighted by atomic mass is 32.1. The molecule has 34 heavy (non-hydrogen) atoms. The van der Waals surface area contributed by atoms with Crippen molar-refractivity contribution in [1.29, 1.82) is 0 Å². The molecule has 0 atom stereocenters. The molecule has 172 valence electrons. The normalized spacial score (nSPS) is 10.1. The summed E-state index contributed by atoms with van der Waals surface area (Å²) in [4.78, 5) is 45.1. The Morgan fingerprint density at radius 2 is 1.38 bits per heavy atom. The molecule has 3 N–H and O–H groups in total. The molecule has 2 amide bonds. The van der Waals surface area contributed by atoms with Crippen LogP contribution in [0.4, 0.5) is 27.1 Å². The van der Waals surface area contributed by atoms with Gasteiger partial charge in [-0.3, -0.25) is 35.1 Å². The number of halogens is 1. The van der Waals surface area contributed by atoms with E-state index in [4.69, 9.17) is 12.2 Å². The van der Waals surface area contributed by atoms with E-state index in [0.29, 0.717) is 11.4 Å². The van der Waals surface area contributed by atoms with Crippen LogP contribution in [-0.2, 0) is 0 Å². The van der Waals surface area contributed by atoms with Crippen LogP contribution in [0.2, 0.25) is 0 Å². The lowest BCUT2D eigenvalue weighted by Gasteiger charge is -2.11. The van der Waals surface area contributed by atoms with Gasteiger partial charge in [-0.05, 0) is 54.7 Å². The highest BCUT2D eigenvalue weighted by Crippen LogP contribution is 2.22. The maximum atomic E-state index is 13.0. The van der Waals surface area contributed by atoms with Gasteiger partial charge in [0.1, 0.15) is 5.82 Å². The van der Waals surface area contributed by atoms with E-state index in [9.17, 15) is 34.2 Å². The van der Waals surface area contributed by atoms with Crippen LogP contribution in [0.15, 0.2) is 66.7 Å². The molecule has 0 aliphatic heterocycles. The topological polar surface area (TPSA) is 157 Å². The smallest absolute Gasteiger partial charge is 0.277 e. The van der Waals surface area contributed by atoms with Crippen molar-refractivity contribution in [2.45, 2.75) is 0 Å². The zero-order valence-electron chi connectivity index (χ0n) is 17.0. The summed E-state index contributed by atoms with van der Waals surface area (Å²) >= 11 is 5.06. The first-order chi connectivity index (χ1) is 16.1. The van der Waals surface area contributed by atoms with Crippen molar-refractivity contribution in [1.82, 2.24) is 5.32 Å². The number of rotatable bonds is 6. The van der Waals surface area contributed by atoms with Crippen molar-refractivity contribution < 1.29 is 23.8 Å². The summed E-state index contributed by atoms with van der Waals surface area (Å²) in [6.45, 7) is 0. The molecule has 0 spiro atoms. The number of nitrogens with one attached hydrogen (secondary N) is 3. The van der Waals surface area contributed by atoms with Gasteiger partial charge in [0.05, 0.1) is 21.5 Å². The van der Waals surface area contributed by atoms with Gasteiger partial charge in [0.25, 0.3) is 23.2 Å². The lowest BCUT2D eigenvalue weighted by molar-refractivity contribution is -0.394. The molecule has 0 heterocycles. The number of hydrogen-bond donors (Lipinski definition) is 3. The predicted octanol–water partition coefficient (Wildman–Crippen LogP) is 4.02. The average molecular weight is 483 g/mol. The molecule has 0 aromatic heterocycles. The fourth-order valence-corrected chi connectivity index (χ4v) is 2.96. The average Bonchev–Trinajstić information content (AvgIpc) is 2.80. The lowest BCUT2D eigenvalue weighted by atomic mass is 10.1. The van der Waals surface area contributed by atoms with Crippen LogP contribution in [0, 0.1) is 26.0 Å². The molecule has 0 aliphatic rings. The van der Waals surface area contributed by atoms with Crippen LogP contribution in [-0.4, -0.2) is 26.8 Å². The molecule has 3 aromatic carbocycles. The minimum Gasteiger partial charge on any atom is -0.332 e. The van der Waals surface area contributed by atoms with Crippen molar-refractivity contribution in [3.8, 4) is 0 Å². The quantitative estimate of drug-likeness (QED) is 0.270. The second kappa shape index (κ2) is 10.2. The Bertz CT molecular complexity index is 1280. The number of nitrogens with zero attached hydrogens (tertiary/aromatic N) is 2. The zero-order chi connectivity index (χ0) is 24.8. The van der Waals surface area contributed by atoms with E-state index in [1.807, 2.05) is 0 Å². The van der Waals surface area contributed by atoms with Crippen molar-refractivity contribution in [2.24, 2.45) is 0 Å². The molecule has 0 saturated heterocycles. The molecule has 13 heteroatoms. The first-order valence-corrected chi connectivity index (χ1v) is 9.76. The Kier molecular flexibility index (Phi) is 7.18. The highest BCUT2D eigenvalue weighted by Gasteiger charge is 2.20. The van der Waals surface area contributed by atoms with Crippen LogP contribution >= 0.6 is 12.2 Å². The molecule has 0 bridgehead atoms. The zero-order valence-corrected chi connectivity index (χ0v) is 17.8. The van der Waals surface area contributed by atoms with Gasteiger partial charge >= 0.3 is 0 Å². The second-order valence-corrected chi connectivity index (χ2v) is 7.11. The Morgan fingerprint density at radius 3 is 1.97 bits per heavy atom. The fraction of sp³-hybridized carbons (Fsp3) is 0. The summed E-state index contributed by atoms with van der Waals surface area (Å²) in [7, 11) is 0. The number of benzene rings is 3. The molecular weight excluding hydrogens is 469 g/mol. The van der Waals surface area contributed by atoms with Gasteiger partial charge in [-0.25, -0.2) is 4.39 Å². The van der Waals surface area contributed by atoms with Gasteiger partial charge < -0.3 is 10.6 Å². The minimum absolute atomic E-state index is 0.213. The van der Waals surface area contributed by atoms with Crippen LogP contribution in [0.5, 0.6) is 0 Å². The van der Waals surface area contributed by atoms with Crippen LogP contribution in [0.25, 0.3) is 0 Å². The third-order valence-electron chi connectivity index (χ3n) is 4.30. The van der Waals surface area contributed by atoms with Gasteiger partial charge in [-0.15, -0.1) is 0 Å². The van der Waals surface area contributed by atoms with Gasteiger partial charge in [-0.1, -0.05) is 6.07 Å². The van der Waals surface area contributed by atoms with Crippen LogP contribution < -0.4 is 16.0 Å². The van der Waals surface area contributed by atoms with E-state index >= 15 is 0 Å². The standard InChI is InChI=1S/C21H14FN5O6S/c22-14-4-6-15(7-5-14)23-19(28)12-2-1-3-16(8-12)24-21(34)25-20(29)13-9-17(26(30)31)11-18(10-13)27(32)33/h1-11H,(H,23,28)(H2,24,25,29,34). The summed E-state index contributed by atoms with van der Waals surface area (Å²) in [5, 5.41) is 29.3. The van der Waals surface area contributed by atoms with Crippen LogP contribution in [0.3, 0.4) is 0 Å². The predicted molar refractivity (Wildman–Crippen MR) is 124 cm³/mol. The van der Waals surface area contributed by atoms with Gasteiger partial charge in [-0.2, -0.15) is 0 Å². The van der Waals surface area contributed by atoms with Gasteiger partial charge in [0.2, 0.25) is 0 Å². The molecule has 0 saturated carbocycles. The van der Waals surface area contributed by atoms with E-state index in [2.05, 4.69) is 16.0 Å². The van der Waals surface area contributed by atoms with E-state index < -0.39 is 38.9 Å². The largest absolute Gasteiger partial charge is 0.332 e. The number of carbonyl (C=O) groups is 2. The van der Waals surface area contributed by atoms with E-state index in [0.717, 1.165) is 18.2 Å². The Hall–Kier alpha value is -4.78. The van der Waals surface area contributed by atoms with E-state index in [1.165, 1.54) is 36.4 Å². The second-order valence-electron chi connectivity index (χ2n) is 6.70. The van der Waals surface area contributed by atoms with Gasteiger partial charge in [0, 0.05) is 29.1 Å². The summed E-state index contributed by atoms with van der Waals surface area (Å²) in [6.07, 6.45) is 0. The molecule has 0 unspecified atom stereocenters. The molecule has 0 aliphatic carbocycles. The fourth-order valence-electron chi connectivity index (χ4n) is 2.75. The molecular formula is C21H14FN5O6S.